The summed E-state index contributed by atoms with van der Waals surface area (Å²) in [6, 6.07) is -1.59. The second kappa shape index (κ2) is 55.5. The molecular weight excluding hydrogens is 1080 g/mol. The summed E-state index contributed by atoms with van der Waals surface area (Å²) in [6.07, 6.45) is 39.0. The molecule has 0 heterocycles. The van der Waals surface area contributed by atoms with Gasteiger partial charge in [-0.05, 0) is 25.7 Å². The molecule has 83 heavy (non-hydrogen) atoms. The highest BCUT2D eigenvalue weighted by Gasteiger charge is 2.42. The Hall–Kier alpha value is -4.42. The largest absolute Gasteiger partial charge is 0.481 e. The lowest BCUT2D eigenvalue weighted by Crippen LogP contribution is -2.69. The van der Waals surface area contributed by atoms with Crippen molar-refractivity contribution < 1.29 is 67.9 Å². The second-order valence-corrected chi connectivity index (χ2v) is 24.0. The SMILES string of the molecule is CCCCCCCCCCCCCCCC(=O)OC[C@H](CSCCC(=O)N[C@@](CCC(=O)O)(NC(=O)CCCCCCCCCCCCC)C(=O)NCC(=O)NC(CCC(=O)O)C(=O)O)OC(=O)CCCCCCCCCCCCCCC. The molecule has 482 valence electrons. The number of esters is 2. The monoisotopic (exact) mass is 1200 g/mol. The lowest BCUT2D eigenvalue weighted by Gasteiger charge is -2.34. The zero-order chi connectivity index (χ0) is 61.4. The number of nitrogens with one attached hydrogen (secondary N) is 4. The van der Waals surface area contributed by atoms with Crippen LogP contribution < -0.4 is 21.3 Å². The van der Waals surface area contributed by atoms with Crippen molar-refractivity contribution in [2.45, 2.75) is 328 Å². The van der Waals surface area contributed by atoms with Crippen molar-refractivity contribution >= 4 is 65.2 Å². The highest BCUT2D eigenvalue weighted by atomic mass is 32.2. The van der Waals surface area contributed by atoms with Crippen LogP contribution in [0.15, 0.2) is 0 Å². The summed E-state index contributed by atoms with van der Waals surface area (Å²) in [4.78, 5) is 115. The standard InChI is InChI=1S/C64H116N4O14S/c1-4-7-10-13-16-19-22-24-27-30-33-36-39-42-60(76)81-51-53(82-61(77)43-40-37-34-31-28-25-23-20-17-14-11-8-5-2)52-83-49-47-56(70)68-64(48-46-59(74)75,63(80)65-50-57(71)66-54(62(78)79)44-45-58(72)73)67-55(69)41-38-35-32-29-26-21-18-15-12-9-6-3/h53-54H,4-52H2,1-3H3,(H,65,80)(H,66,71)(H,67,69)(H,68,70)(H,72,73)(H,74,75)(H,78,79)/t53-,54?,64-/m1/s1. The molecule has 19 heteroatoms. The molecule has 0 fully saturated rings. The quantitative estimate of drug-likeness (QED) is 0.0169. The molecule has 0 radical (unpaired) electrons. The van der Waals surface area contributed by atoms with E-state index >= 15 is 0 Å². The fourth-order valence-corrected chi connectivity index (χ4v) is 10.8. The maximum absolute atomic E-state index is 14.1. The van der Waals surface area contributed by atoms with Gasteiger partial charge in [0.2, 0.25) is 17.7 Å². The number of carboxylic acid groups (broad SMARTS) is 3. The number of aliphatic carboxylic acids is 3. The van der Waals surface area contributed by atoms with Crippen molar-refractivity contribution in [3.05, 3.63) is 0 Å². The van der Waals surface area contributed by atoms with Gasteiger partial charge >= 0.3 is 29.8 Å². The van der Waals surface area contributed by atoms with Crippen LogP contribution >= 0.6 is 11.8 Å². The van der Waals surface area contributed by atoms with Gasteiger partial charge in [0.05, 0.1) is 6.54 Å². The van der Waals surface area contributed by atoms with E-state index in [2.05, 4.69) is 42.0 Å². The Morgan fingerprint density at radius 1 is 0.434 bits per heavy atom. The minimum Gasteiger partial charge on any atom is -0.481 e. The molecule has 7 N–H and O–H groups in total. The number of carbonyl (C=O) groups is 9. The summed E-state index contributed by atoms with van der Waals surface area (Å²) >= 11 is 1.24. The van der Waals surface area contributed by atoms with Crippen molar-refractivity contribution in [1.82, 2.24) is 21.3 Å². The first kappa shape index (κ1) is 78.6. The third-order valence-corrected chi connectivity index (χ3v) is 16.1. The summed E-state index contributed by atoms with van der Waals surface area (Å²) in [6.45, 7) is 5.63. The van der Waals surface area contributed by atoms with Crippen LogP contribution in [0.25, 0.3) is 0 Å². The third-order valence-electron chi connectivity index (χ3n) is 15.0. The lowest BCUT2D eigenvalue weighted by atomic mass is 10.0. The Morgan fingerprint density at radius 3 is 1.20 bits per heavy atom. The molecule has 0 aliphatic rings. The van der Waals surface area contributed by atoms with E-state index in [4.69, 9.17) is 14.6 Å². The Bertz CT molecular complexity index is 1740. The number of unbranched alkanes of at least 4 members (excludes halogenated alkanes) is 34. The van der Waals surface area contributed by atoms with E-state index in [1.54, 1.807) is 0 Å². The lowest BCUT2D eigenvalue weighted by molar-refractivity contribution is -0.157. The van der Waals surface area contributed by atoms with E-state index in [0.29, 0.717) is 19.3 Å². The van der Waals surface area contributed by atoms with Gasteiger partial charge in [0.25, 0.3) is 5.91 Å². The molecule has 0 rings (SSSR count). The topological polar surface area (TPSA) is 281 Å². The van der Waals surface area contributed by atoms with Crippen molar-refractivity contribution in [2.75, 3.05) is 24.7 Å². The molecule has 1 unspecified atom stereocenters. The molecule has 0 aromatic rings. The molecule has 0 aliphatic heterocycles. The molecule has 4 amide bonds. The van der Waals surface area contributed by atoms with Gasteiger partial charge in [-0.3, -0.25) is 38.4 Å². The summed E-state index contributed by atoms with van der Waals surface area (Å²) in [7, 11) is 0. The summed E-state index contributed by atoms with van der Waals surface area (Å²) in [5.41, 5.74) is -2.35. The molecule has 0 saturated carbocycles. The summed E-state index contributed by atoms with van der Waals surface area (Å²) in [5.74, 6) is -8.17. The molecule has 18 nitrogen and oxygen atoms in total. The fraction of sp³-hybridized carbons (Fsp3) is 0.859. The Labute approximate surface area is 504 Å². The van der Waals surface area contributed by atoms with Crippen LogP contribution in [0.3, 0.4) is 0 Å². The van der Waals surface area contributed by atoms with Gasteiger partial charge in [0.1, 0.15) is 18.8 Å². The minimum absolute atomic E-state index is 0.0430. The van der Waals surface area contributed by atoms with Crippen LogP contribution in [0.2, 0.25) is 0 Å². The zero-order valence-corrected chi connectivity index (χ0v) is 52.9. The van der Waals surface area contributed by atoms with Crippen molar-refractivity contribution in [3.8, 4) is 0 Å². The molecule has 0 bridgehead atoms. The van der Waals surface area contributed by atoms with Crippen LogP contribution in [0.5, 0.6) is 0 Å². The Morgan fingerprint density at radius 2 is 0.807 bits per heavy atom. The zero-order valence-electron chi connectivity index (χ0n) is 52.0. The first-order chi connectivity index (χ1) is 40.1. The summed E-state index contributed by atoms with van der Waals surface area (Å²) in [5, 5.41) is 37.9. The van der Waals surface area contributed by atoms with E-state index in [1.165, 1.54) is 159 Å². The van der Waals surface area contributed by atoms with Gasteiger partial charge in [-0.25, -0.2) is 4.79 Å². The van der Waals surface area contributed by atoms with Crippen LogP contribution in [0.1, 0.15) is 310 Å². The number of rotatable bonds is 61. The van der Waals surface area contributed by atoms with Crippen LogP contribution in [0, 0.1) is 0 Å². The van der Waals surface area contributed by atoms with Crippen molar-refractivity contribution in [2.24, 2.45) is 0 Å². The molecule has 0 spiro atoms. The minimum atomic E-state index is -2.35. The van der Waals surface area contributed by atoms with Gasteiger partial charge in [0.15, 0.2) is 5.66 Å². The first-order valence-electron chi connectivity index (χ1n) is 32.9. The first-order valence-corrected chi connectivity index (χ1v) is 34.0. The molecule has 0 aliphatic carbocycles. The van der Waals surface area contributed by atoms with Crippen LogP contribution in [-0.4, -0.2) is 111 Å². The molecule has 0 aromatic carbocycles. The normalized spacial score (nSPS) is 12.6. The van der Waals surface area contributed by atoms with Gasteiger partial charge in [-0.1, -0.05) is 239 Å². The number of thioether (sulfide) groups is 1. The predicted molar refractivity (Wildman–Crippen MR) is 330 cm³/mol. The fourth-order valence-electron chi connectivity index (χ4n) is 9.88. The van der Waals surface area contributed by atoms with Crippen LogP contribution in [-0.2, 0) is 52.6 Å². The summed E-state index contributed by atoms with van der Waals surface area (Å²) < 4.78 is 11.5. The number of hydrogen-bond donors (Lipinski definition) is 7. The molecular formula is C64H116N4O14S. The average Bonchev–Trinajstić information content (AvgIpc) is 3.51. The van der Waals surface area contributed by atoms with E-state index < -0.39 is 97.5 Å². The van der Waals surface area contributed by atoms with E-state index in [1.807, 2.05) is 0 Å². The van der Waals surface area contributed by atoms with Gasteiger partial charge in [-0.2, -0.15) is 11.8 Å². The van der Waals surface area contributed by atoms with Gasteiger partial charge in [0, 0.05) is 56.5 Å². The van der Waals surface area contributed by atoms with Crippen molar-refractivity contribution in [3.63, 3.8) is 0 Å². The van der Waals surface area contributed by atoms with Crippen LogP contribution in [0.4, 0.5) is 0 Å². The van der Waals surface area contributed by atoms with E-state index in [-0.39, 0.29) is 49.8 Å². The Balaban J connectivity index is 5.81. The molecule has 0 saturated heterocycles. The maximum atomic E-state index is 14.1. The highest BCUT2D eigenvalue weighted by molar-refractivity contribution is 7.99. The average molecular weight is 1200 g/mol. The Kier molecular flexibility index (Phi) is 52.5. The number of carbonyl (C=O) groups excluding carboxylic acids is 6. The maximum Gasteiger partial charge on any atom is 0.326 e. The smallest absolute Gasteiger partial charge is 0.326 e. The van der Waals surface area contributed by atoms with E-state index in [9.17, 15) is 53.4 Å². The second-order valence-electron chi connectivity index (χ2n) is 22.9. The third kappa shape index (κ3) is 49.5. The molecule has 3 atom stereocenters. The number of carboxylic acids is 3. The number of ether oxygens (including phenoxy) is 2. The highest BCUT2D eigenvalue weighted by Crippen LogP contribution is 2.19. The van der Waals surface area contributed by atoms with Gasteiger partial charge in [-0.15, -0.1) is 0 Å². The predicted octanol–water partition coefficient (Wildman–Crippen LogP) is 13.6. The number of hydrogen-bond acceptors (Lipinski definition) is 12. The van der Waals surface area contributed by atoms with E-state index in [0.717, 1.165) is 70.6 Å². The van der Waals surface area contributed by atoms with Gasteiger partial charge < -0.3 is 46.1 Å². The molecule has 0 aromatic heterocycles. The number of amides is 4. The van der Waals surface area contributed by atoms with Crippen molar-refractivity contribution in [1.29, 1.82) is 0 Å².